The Labute approximate surface area is 67.8 Å². The monoisotopic (exact) mass is 204 g/mol. The van der Waals surface area contributed by atoms with Crippen LogP contribution in [0, 0.1) is 0 Å². The average Bonchev–Trinajstić information content (AvgIpc) is 2.34. The summed E-state index contributed by atoms with van der Waals surface area (Å²) in [5, 5.41) is 13.8. The molecular formula is C6H9BrN2O. The molecule has 4 heteroatoms. The average molecular weight is 205 g/mol. The molecule has 0 spiro atoms. The summed E-state index contributed by atoms with van der Waals surface area (Å²) in [7, 11) is 1.81. The third kappa shape index (κ3) is 1.38. The lowest BCUT2D eigenvalue weighted by molar-refractivity contribution is 0.195. The van der Waals surface area contributed by atoms with E-state index in [4.69, 9.17) is 0 Å². The minimum atomic E-state index is -0.451. The first-order valence-electron chi connectivity index (χ1n) is 2.97. The van der Waals surface area contributed by atoms with Gasteiger partial charge in [-0.2, -0.15) is 5.10 Å². The molecule has 0 aliphatic rings. The van der Waals surface area contributed by atoms with Crippen molar-refractivity contribution < 1.29 is 5.11 Å². The highest BCUT2D eigenvalue weighted by Gasteiger charge is 2.07. The van der Waals surface area contributed by atoms with E-state index in [1.165, 1.54) is 0 Å². The molecule has 1 rings (SSSR count). The van der Waals surface area contributed by atoms with E-state index in [1.807, 2.05) is 0 Å². The Bertz CT molecular complexity index is 211. The van der Waals surface area contributed by atoms with E-state index in [1.54, 1.807) is 24.0 Å². The number of hydrogen-bond acceptors (Lipinski definition) is 2. The van der Waals surface area contributed by atoms with Gasteiger partial charge in [0.05, 0.1) is 5.69 Å². The molecule has 56 valence electrons. The molecule has 0 fully saturated rings. The van der Waals surface area contributed by atoms with E-state index < -0.39 is 6.10 Å². The third-order valence-corrected chi connectivity index (χ3v) is 1.96. The number of nitrogens with zero attached hydrogens (tertiary/aromatic N) is 2. The number of aliphatic hydroxyl groups excluding tert-OH is 1. The fourth-order valence-electron chi connectivity index (χ4n) is 0.790. The predicted octanol–water partition coefficient (Wildman–Crippen LogP) is 0.848. The van der Waals surface area contributed by atoms with Crippen LogP contribution in [0.25, 0.3) is 0 Å². The van der Waals surface area contributed by atoms with Gasteiger partial charge in [-0.1, -0.05) is 15.9 Å². The third-order valence-electron chi connectivity index (χ3n) is 1.35. The van der Waals surface area contributed by atoms with Gasteiger partial charge in [-0.25, -0.2) is 0 Å². The SMILES string of the molecule is Cn1nccc1[C@H](O)CBr. The second-order valence-corrected chi connectivity index (χ2v) is 2.70. The summed E-state index contributed by atoms with van der Waals surface area (Å²) < 4.78 is 1.66. The van der Waals surface area contributed by atoms with Crippen LogP contribution in [0.15, 0.2) is 12.3 Å². The van der Waals surface area contributed by atoms with Crippen molar-refractivity contribution in [3.63, 3.8) is 0 Å². The van der Waals surface area contributed by atoms with Gasteiger partial charge >= 0.3 is 0 Å². The van der Waals surface area contributed by atoms with Gasteiger partial charge in [-0.3, -0.25) is 4.68 Å². The summed E-state index contributed by atoms with van der Waals surface area (Å²) in [4.78, 5) is 0. The number of aromatic nitrogens is 2. The van der Waals surface area contributed by atoms with E-state index in [0.717, 1.165) is 5.69 Å². The molecular weight excluding hydrogens is 196 g/mol. The first-order chi connectivity index (χ1) is 4.75. The molecule has 0 bridgehead atoms. The summed E-state index contributed by atoms with van der Waals surface area (Å²) in [5.74, 6) is 0. The van der Waals surface area contributed by atoms with E-state index >= 15 is 0 Å². The van der Waals surface area contributed by atoms with Crippen LogP contribution in [0.4, 0.5) is 0 Å². The lowest BCUT2D eigenvalue weighted by Gasteiger charge is -2.05. The summed E-state index contributed by atoms with van der Waals surface area (Å²) >= 11 is 3.18. The van der Waals surface area contributed by atoms with Gasteiger partial charge in [0.2, 0.25) is 0 Å². The quantitative estimate of drug-likeness (QED) is 0.726. The fourth-order valence-corrected chi connectivity index (χ4v) is 1.12. The minimum absolute atomic E-state index is 0.451. The van der Waals surface area contributed by atoms with Crippen molar-refractivity contribution in [2.75, 3.05) is 5.33 Å². The highest BCUT2D eigenvalue weighted by molar-refractivity contribution is 9.09. The Morgan fingerprint density at radius 1 is 1.90 bits per heavy atom. The summed E-state index contributed by atoms with van der Waals surface area (Å²) in [6.45, 7) is 0. The standard InChI is InChI=1S/C6H9BrN2O/c1-9-5(2-3-8-9)6(10)4-7/h2-3,6,10H,4H2,1H3/t6-/m1/s1. The van der Waals surface area contributed by atoms with E-state index in [0.29, 0.717) is 5.33 Å². The van der Waals surface area contributed by atoms with Crippen LogP contribution in [0.2, 0.25) is 0 Å². The molecule has 0 saturated heterocycles. The lowest BCUT2D eigenvalue weighted by atomic mass is 10.3. The molecule has 1 aromatic rings. The first kappa shape index (κ1) is 7.75. The van der Waals surface area contributed by atoms with Gasteiger partial charge < -0.3 is 5.11 Å². The topological polar surface area (TPSA) is 38.0 Å². The molecule has 1 heterocycles. The van der Waals surface area contributed by atoms with Gasteiger partial charge in [0.15, 0.2) is 0 Å². The minimum Gasteiger partial charge on any atom is -0.386 e. The fraction of sp³-hybridized carbons (Fsp3) is 0.500. The molecule has 0 unspecified atom stereocenters. The van der Waals surface area contributed by atoms with Crippen molar-refractivity contribution >= 4 is 15.9 Å². The molecule has 3 nitrogen and oxygen atoms in total. The summed E-state index contributed by atoms with van der Waals surface area (Å²) in [6, 6.07) is 1.80. The van der Waals surface area contributed by atoms with Gasteiger partial charge in [-0.05, 0) is 6.07 Å². The number of aliphatic hydroxyl groups is 1. The molecule has 1 atom stereocenters. The zero-order valence-electron chi connectivity index (χ0n) is 5.66. The predicted molar refractivity (Wildman–Crippen MR) is 42.0 cm³/mol. The Kier molecular flexibility index (Phi) is 2.45. The van der Waals surface area contributed by atoms with Crippen molar-refractivity contribution in [1.29, 1.82) is 0 Å². The number of alkyl halides is 1. The van der Waals surface area contributed by atoms with Crippen molar-refractivity contribution in [3.8, 4) is 0 Å². The maximum absolute atomic E-state index is 9.29. The second kappa shape index (κ2) is 3.16. The zero-order valence-corrected chi connectivity index (χ0v) is 7.24. The molecule has 0 aliphatic carbocycles. The molecule has 10 heavy (non-hydrogen) atoms. The van der Waals surface area contributed by atoms with Gasteiger partial charge in [0.25, 0.3) is 0 Å². The molecule has 0 aromatic carbocycles. The highest BCUT2D eigenvalue weighted by atomic mass is 79.9. The van der Waals surface area contributed by atoms with Gasteiger partial charge in [0.1, 0.15) is 6.10 Å². The number of halogens is 1. The van der Waals surface area contributed by atoms with Crippen molar-refractivity contribution in [3.05, 3.63) is 18.0 Å². The largest absolute Gasteiger partial charge is 0.386 e. The normalized spacial score (nSPS) is 13.5. The van der Waals surface area contributed by atoms with Crippen LogP contribution in [0.5, 0.6) is 0 Å². The second-order valence-electron chi connectivity index (χ2n) is 2.05. The van der Waals surface area contributed by atoms with Crippen molar-refractivity contribution in [2.45, 2.75) is 6.10 Å². The Morgan fingerprint density at radius 2 is 2.60 bits per heavy atom. The summed E-state index contributed by atoms with van der Waals surface area (Å²) in [6.07, 6.45) is 1.22. The Hall–Kier alpha value is -0.350. The number of rotatable bonds is 2. The summed E-state index contributed by atoms with van der Waals surface area (Å²) in [5.41, 5.74) is 0.830. The first-order valence-corrected chi connectivity index (χ1v) is 4.09. The molecule has 0 radical (unpaired) electrons. The Morgan fingerprint density at radius 3 is 3.00 bits per heavy atom. The van der Waals surface area contributed by atoms with Crippen molar-refractivity contribution in [1.82, 2.24) is 9.78 Å². The molecule has 0 saturated carbocycles. The van der Waals surface area contributed by atoms with E-state index in [2.05, 4.69) is 21.0 Å². The molecule has 1 aromatic heterocycles. The van der Waals surface area contributed by atoms with Crippen LogP contribution in [-0.2, 0) is 7.05 Å². The van der Waals surface area contributed by atoms with Crippen LogP contribution in [0.1, 0.15) is 11.8 Å². The lowest BCUT2D eigenvalue weighted by Crippen LogP contribution is -2.05. The number of aryl methyl sites for hydroxylation is 1. The van der Waals surface area contributed by atoms with Gasteiger partial charge in [0, 0.05) is 18.6 Å². The van der Waals surface area contributed by atoms with Crippen LogP contribution in [-0.4, -0.2) is 20.2 Å². The van der Waals surface area contributed by atoms with Crippen LogP contribution in [0.3, 0.4) is 0 Å². The molecule has 0 amide bonds. The zero-order chi connectivity index (χ0) is 7.56. The Balaban J connectivity index is 2.82. The van der Waals surface area contributed by atoms with E-state index in [9.17, 15) is 5.11 Å². The maximum atomic E-state index is 9.29. The number of hydrogen-bond donors (Lipinski definition) is 1. The molecule has 0 aliphatic heterocycles. The van der Waals surface area contributed by atoms with Crippen LogP contribution >= 0.6 is 15.9 Å². The molecule has 1 N–H and O–H groups in total. The van der Waals surface area contributed by atoms with Crippen LogP contribution < -0.4 is 0 Å². The van der Waals surface area contributed by atoms with Gasteiger partial charge in [-0.15, -0.1) is 0 Å². The highest BCUT2D eigenvalue weighted by Crippen LogP contribution is 2.12. The van der Waals surface area contributed by atoms with E-state index in [-0.39, 0.29) is 0 Å². The maximum Gasteiger partial charge on any atom is 0.105 e. The van der Waals surface area contributed by atoms with Crippen molar-refractivity contribution in [2.24, 2.45) is 7.05 Å². The smallest absolute Gasteiger partial charge is 0.105 e.